The van der Waals surface area contributed by atoms with Gasteiger partial charge in [-0.2, -0.15) is 0 Å². The molecule has 0 fully saturated rings. The van der Waals surface area contributed by atoms with E-state index >= 15 is 0 Å². The third-order valence-electron chi connectivity index (χ3n) is 11.6. The number of carbonyl (C=O) groups is 2. The van der Waals surface area contributed by atoms with Crippen LogP contribution in [0, 0.1) is 0 Å². The minimum Gasteiger partial charge on any atom is -0.466 e. The molecule has 2 unspecified atom stereocenters. The molecule has 0 heterocycles. The maximum Gasteiger partial charge on any atom is 0.305 e. The molecule has 2 atom stereocenters. The Labute approximate surface area is 366 Å². The summed E-state index contributed by atoms with van der Waals surface area (Å²) in [5.41, 5.74) is 0. The van der Waals surface area contributed by atoms with E-state index in [4.69, 9.17) is 4.74 Å². The maximum absolute atomic E-state index is 12.4. The highest BCUT2D eigenvalue weighted by Crippen LogP contribution is 2.15. The smallest absolute Gasteiger partial charge is 0.305 e. The van der Waals surface area contributed by atoms with Gasteiger partial charge in [-0.15, -0.1) is 0 Å². The van der Waals surface area contributed by atoms with Crippen LogP contribution < -0.4 is 5.32 Å². The third kappa shape index (κ3) is 45.4. The van der Waals surface area contributed by atoms with Gasteiger partial charge in [0, 0.05) is 12.8 Å². The molecule has 0 aromatic carbocycles. The summed E-state index contributed by atoms with van der Waals surface area (Å²) in [6.45, 7) is 4.84. The number of aliphatic hydroxyl groups is 2. The van der Waals surface area contributed by atoms with Gasteiger partial charge in [0.15, 0.2) is 0 Å². The molecule has 3 N–H and O–H groups in total. The molecular formula is C53H99NO5. The van der Waals surface area contributed by atoms with Gasteiger partial charge in [0.2, 0.25) is 5.91 Å². The van der Waals surface area contributed by atoms with Crippen LogP contribution in [0.4, 0.5) is 0 Å². The van der Waals surface area contributed by atoms with Gasteiger partial charge in [-0.3, -0.25) is 9.59 Å². The number of carbonyl (C=O) groups excluding carboxylic acids is 2. The van der Waals surface area contributed by atoms with E-state index in [1.54, 1.807) is 6.08 Å². The minimum absolute atomic E-state index is 0.0212. The molecule has 0 saturated carbocycles. The highest BCUT2D eigenvalue weighted by atomic mass is 16.5. The van der Waals surface area contributed by atoms with Crippen LogP contribution in [-0.4, -0.2) is 47.4 Å². The van der Waals surface area contributed by atoms with Crippen LogP contribution in [0.1, 0.15) is 264 Å². The van der Waals surface area contributed by atoms with E-state index in [-0.39, 0.29) is 18.5 Å². The molecule has 0 aliphatic heterocycles. The Morgan fingerprint density at radius 1 is 0.458 bits per heavy atom. The summed E-state index contributed by atoms with van der Waals surface area (Å²) in [5, 5.41) is 23.0. The monoisotopic (exact) mass is 830 g/mol. The van der Waals surface area contributed by atoms with Gasteiger partial charge < -0.3 is 20.3 Å². The Morgan fingerprint density at radius 2 is 0.797 bits per heavy atom. The van der Waals surface area contributed by atoms with Crippen molar-refractivity contribution < 1.29 is 24.5 Å². The highest BCUT2D eigenvalue weighted by Gasteiger charge is 2.18. The van der Waals surface area contributed by atoms with Crippen LogP contribution in [-0.2, 0) is 14.3 Å². The van der Waals surface area contributed by atoms with Gasteiger partial charge in [-0.05, 0) is 83.5 Å². The van der Waals surface area contributed by atoms with Crippen molar-refractivity contribution >= 4 is 11.9 Å². The van der Waals surface area contributed by atoms with E-state index in [0.29, 0.717) is 19.4 Å². The third-order valence-corrected chi connectivity index (χ3v) is 11.6. The number of ether oxygens (including phenoxy) is 1. The lowest BCUT2D eigenvalue weighted by Crippen LogP contribution is -2.45. The SMILES string of the molecule is CCCCCC/C=C\CCCCCCCC(=O)OCCCCCC/C=C\CCCCCCCCCC(=O)NC(CO)C(O)/C=C/CCCCCCCCCCCCCC. The summed E-state index contributed by atoms with van der Waals surface area (Å²) in [6, 6.07) is -0.639. The van der Waals surface area contributed by atoms with Crippen molar-refractivity contribution in [2.75, 3.05) is 13.2 Å². The minimum atomic E-state index is -0.854. The molecule has 0 spiro atoms. The summed E-state index contributed by atoms with van der Waals surface area (Å²) in [6.07, 6.45) is 58.5. The van der Waals surface area contributed by atoms with Gasteiger partial charge in [0.25, 0.3) is 0 Å². The zero-order valence-corrected chi connectivity index (χ0v) is 39.2. The molecule has 6 heteroatoms. The highest BCUT2D eigenvalue weighted by molar-refractivity contribution is 5.76. The van der Waals surface area contributed by atoms with Crippen molar-refractivity contribution in [3.05, 3.63) is 36.5 Å². The average Bonchev–Trinajstić information content (AvgIpc) is 3.24. The van der Waals surface area contributed by atoms with Crippen LogP contribution in [0.25, 0.3) is 0 Å². The molecule has 59 heavy (non-hydrogen) atoms. The first kappa shape index (κ1) is 57.1. The molecule has 346 valence electrons. The molecule has 0 aliphatic rings. The van der Waals surface area contributed by atoms with E-state index in [9.17, 15) is 19.8 Å². The van der Waals surface area contributed by atoms with E-state index in [1.807, 2.05) is 6.08 Å². The lowest BCUT2D eigenvalue weighted by molar-refractivity contribution is -0.143. The molecule has 1 amide bonds. The molecule has 6 nitrogen and oxygen atoms in total. The van der Waals surface area contributed by atoms with Gasteiger partial charge in [-0.25, -0.2) is 0 Å². The zero-order valence-electron chi connectivity index (χ0n) is 39.2. The largest absolute Gasteiger partial charge is 0.466 e. The molecular weight excluding hydrogens is 731 g/mol. The summed E-state index contributed by atoms with van der Waals surface area (Å²) in [7, 11) is 0. The van der Waals surface area contributed by atoms with Gasteiger partial charge >= 0.3 is 5.97 Å². The van der Waals surface area contributed by atoms with E-state index in [1.165, 1.54) is 167 Å². The molecule has 0 saturated heterocycles. The lowest BCUT2D eigenvalue weighted by Gasteiger charge is -2.20. The van der Waals surface area contributed by atoms with Crippen LogP contribution >= 0.6 is 0 Å². The fraction of sp³-hybridized carbons (Fsp3) is 0.849. The number of aliphatic hydroxyl groups excluding tert-OH is 2. The van der Waals surface area contributed by atoms with Gasteiger partial charge in [0.05, 0.1) is 25.4 Å². The number of nitrogens with one attached hydrogen (secondary N) is 1. The number of hydrogen-bond acceptors (Lipinski definition) is 5. The molecule has 0 bridgehead atoms. The van der Waals surface area contributed by atoms with E-state index in [0.717, 1.165) is 70.6 Å². The number of esters is 1. The predicted molar refractivity (Wildman–Crippen MR) is 255 cm³/mol. The fourth-order valence-electron chi connectivity index (χ4n) is 7.62. The summed E-state index contributed by atoms with van der Waals surface area (Å²) in [5.74, 6) is -0.105. The normalized spacial score (nSPS) is 12.9. The Kier molecular flexibility index (Phi) is 47.2. The van der Waals surface area contributed by atoms with Crippen molar-refractivity contribution in [3.63, 3.8) is 0 Å². The molecule has 0 aromatic heterocycles. The molecule has 0 rings (SSSR count). The number of hydrogen-bond donors (Lipinski definition) is 3. The molecule has 0 aromatic rings. The van der Waals surface area contributed by atoms with Crippen molar-refractivity contribution in [1.82, 2.24) is 5.32 Å². The van der Waals surface area contributed by atoms with Crippen LogP contribution in [0.15, 0.2) is 36.5 Å². The molecule has 0 radical (unpaired) electrons. The average molecular weight is 830 g/mol. The van der Waals surface area contributed by atoms with Crippen molar-refractivity contribution in [3.8, 4) is 0 Å². The van der Waals surface area contributed by atoms with E-state index in [2.05, 4.69) is 43.5 Å². The van der Waals surface area contributed by atoms with E-state index < -0.39 is 12.1 Å². The molecule has 0 aliphatic carbocycles. The number of allylic oxidation sites excluding steroid dienone is 5. The van der Waals surface area contributed by atoms with Crippen LogP contribution in [0.5, 0.6) is 0 Å². The predicted octanol–water partition coefficient (Wildman–Crippen LogP) is 15.3. The quantitative estimate of drug-likeness (QED) is 0.0323. The Morgan fingerprint density at radius 3 is 1.22 bits per heavy atom. The first-order valence-electron chi connectivity index (χ1n) is 25.8. The van der Waals surface area contributed by atoms with Crippen molar-refractivity contribution in [2.24, 2.45) is 0 Å². The lowest BCUT2D eigenvalue weighted by atomic mass is 10.0. The first-order chi connectivity index (χ1) is 29.0. The van der Waals surface area contributed by atoms with Crippen LogP contribution in [0.3, 0.4) is 0 Å². The Hall–Kier alpha value is -1.92. The number of unbranched alkanes of at least 4 members (excludes halogenated alkanes) is 32. The van der Waals surface area contributed by atoms with Gasteiger partial charge in [-0.1, -0.05) is 204 Å². The van der Waals surface area contributed by atoms with Crippen LogP contribution in [0.2, 0.25) is 0 Å². The second kappa shape index (κ2) is 48.7. The Bertz CT molecular complexity index is 962. The second-order valence-electron chi connectivity index (χ2n) is 17.5. The summed E-state index contributed by atoms with van der Waals surface area (Å²) >= 11 is 0. The number of amides is 1. The summed E-state index contributed by atoms with van der Waals surface area (Å²) in [4.78, 5) is 24.4. The van der Waals surface area contributed by atoms with Crippen molar-refractivity contribution in [2.45, 2.75) is 276 Å². The fourth-order valence-corrected chi connectivity index (χ4v) is 7.62. The second-order valence-corrected chi connectivity index (χ2v) is 17.5. The number of rotatable bonds is 47. The standard InChI is InChI=1S/C53H99NO5/c1-3-5-7-9-11-13-15-17-22-25-29-33-37-41-45-51(56)50(49-55)54-52(57)46-42-38-34-30-26-23-19-18-20-24-28-32-36-40-44-48-59-53(58)47-43-39-35-31-27-21-16-14-12-10-8-6-4-2/h14,16,20,24,41,45,50-51,55-56H,3-13,15,17-19,21-23,25-40,42-44,46-49H2,1-2H3,(H,54,57)/b16-14-,24-20-,45-41+. The summed E-state index contributed by atoms with van der Waals surface area (Å²) < 4.78 is 5.44. The maximum atomic E-state index is 12.4. The zero-order chi connectivity index (χ0) is 43.0. The topological polar surface area (TPSA) is 95.9 Å². The first-order valence-corrected chi connectivity index (χ1v) is 25.8. The van der Waals surface area contributed by atoms with Crippen molar-refractivity contribution in [1.29, 1.82) is 0 Å². The Balaban J connectivity index is 3.52. The van der Waals surface area contributed by atoms with Gasteiger partial charge in [0.1, 0.15) is 0 Å².